The number of halogens is 1. The van der Waals surface area contributed by atoms with Crippen molar-refractivity contribution >= 4 is 23.6 Å². The normalized spacial score (nSPS) is 20.3. The van der Waals surface area contributed by atoms with Crippen LogP contribution < -0.4 is 14.7 Å². The molecule has 0 aliphatic carbocycles. The number of aryl methyl sites for hydroxylation is 1. The number of carboxylic acids is 1. The number of carbonyl (C=O) groups is 1. The third-order valence-electron chi connectivity index (χ3n) is 6.98. The number of carboxylic acid groups (broad SMARTS) is 1. The van der Waals surface area contributed by atoms with Gasteiger partial charge in [-0.1, -0.05) is 0 Å². The largest absolute Gasteiger partial charge is 0.478 e. The van der Waals surface area contributed by atoms with Crippen LogP contribution in [0.3, 0.4) is 0 Å². The summed E-state index contributed by atoms with van der Waals surface area (Å²) in [7, 11) is 0. The van der Waals surface area contributed by atoms with Crippen LogP contribution in [0.2, 0.25) is 0 Å². The van der Waals surface area contributed by atoms with Crippen LogP contribution in [-0.4, -0.2) is 77.5 Å². The fourth-order valence-corrected chi connectivity index (χ4v) is 5.00. The molecular formula is C27H31FN6O3. The minimum atomic E-state index is -0.980. The highest BCUT2D eigenvalue weighted by Gasteiger charge is 2.29. The van der Waals surface area contributed by atoms with Gasteiger partial charge in [0.15, 0.2) is 0 Å². The number of benzene rings is 1. The molecule has 2 saturated heterocycles. The van der Waals surface area contributed by atoms with Gasteiger partial charge >= 0.3 is 5.97 Å². The van der Waals surface area contributed by atoms with Crippen molar-refractivity contribution in [1.29, 1.82) is 0 Å². The first-order valence-electron chi connectivity index (χ1n) is 12.5. The number of hydrogen-bond donors (Lipinski definition) is 1. The molecule has 2 atom stereocenters. The van der Waals surface area contributed by atoms with Crippen LogP contribution in [0.1, 0.15) is 29.8 Å². The summed E-state index contributed by atoms with van der Waals surface area (Å²) >= 11 is 0. The molecule has 0 saturated carbocycles. The van der Waals surface area contributed by atoms with E-state index in [0.717, 1.165) is 28.5 Å². The van der Waals surface area contributed by atoms with Crippen LogP contribution in [0, 0.1) is 12.7 Å². The summed E-state index contributed by atoms with van der Waals surface area (Å²) in [6.07, 6.45) is 1.41. The Morgan fingerprint density at radius 2 is 1.84 bits per heavy atom. The highest BCUT2D eigenvalue weighted by molar-refractivity contribution is 5.87. The lowest BCUT2D eigenvalue weighted by Gasteiger charge is -2.42. The smallest absolute Gasteiger partial charge is 0.337 e. The maximum Gasteiger partial charge on any atom is 0.337 e. The van der Waals surface area contributed by atoms with Crippen LogP contribution in [0.15, 0.2) is 42.6 Å². The molecule has 2 fully saturated rings. The average Bonchev–Trinajstić information content (AvgIpc) is 2.89. The molecule has 9 nitrogen and oxygen atoms in total. The van der Waals surface area contributed by atoms with Gasteiger partial charge in [0.1, 0.15) is 17.5 Å². The Morgan fingerprint density at radius 1 is 1.05 bits per heavy atom. The molecule has 4 heterocycles. The van der Waals surface area contributed by atoms with Crippen LogP contribution >= 0.6 is 0 Å². The summed E-state index contributed by atoms with van der Waals surface area (Å²) in [6, 6.07) is 10.3. The van der Waals surface area contributed by atoms with Gasteiger partial charge < -0.3 is 24.5 Å². The zero-order valence-corrected chi connectivity index (χ0v) is 21.3. The molecule has 5 rings (SSSR count). The van der Waals surface area contributed by atoms with Crippen LogP contribution in [-0.2, 0) is 4.74 Å². The fraction of sp³-hybridized carbons (Fsp3) is 0.407. The third-order valence-corrected chi connectivity index (χ3v) is 6.98. The number of morpholine rings is 1. The molecule has 3 aromatic rings. The molecule has 1 N–H and O–H groups in total. The van der Waals surface area contributed by atoms with E-state index in [1.54, 1.807) is 18.2 Å². The number of ether oxygens (including phenoxy) is 1. The molecule has 0 radical (unpaired) electrons. The van der Waals surface area contributed by atoms with Crippen LogP contribution in [0.25, 0.3) is 11.3 Å². The predicted molar refractivity (Wildman–Crippen MR) is 140 cm³/mol. The van der Waals surface area contributed by atoms with Crippen molar-refractivity contribution in [2.45, 2.75) is 32.9 Å². The first kappa shape index (κ1) is 24.9. The molecule has 0 spiro atoms. The molecule has 2 aliphatic heterocycles. The second-order valence-electron chi connectivity index (χ2n) is 9.69. The van der Waals surface area contributed by atoms with Gasteiger partial charge in [0.2, 0.25) is 5.95 Å². The summed E-state index contributed by atoms with van der Waals surface area (Å²) in [5, 5.41) is 9.26. The Labute approximate surface area is 215 Å². The van der Waals surface area contributed by atoms with Crippen molar-refractivity contribution < 1.29 is 19.0 Å². The van der Waals surface area contributed by atoms with Crippen molar-refractivity contribution in [1.82, 2.24) is 15.0 Å². The van der Waals surface area contributed by atoms with Gasteiger partial charge in [-0.05, 0) is 56.7 Å². The number of pyridine rings is 1. The van der Waals surface area contributed by atoms with Gasteiger partial charge in [0, 0.05) is 50.0 Å². The summed E-state index contributed by atoms with van der Waals surface area (Å²) in [5.41, 5.74) is 2.60. The lowest BCUT2D eigenvalue weighted by Crippen LogP contribution is -2.53. The Balaban J connectivity index is 1.44. The van der Waals surface area contributed by atoms with E-state index in [9.17, 15) is 14.3 Å². The third kappa shape index (κ3) is 5.20. The molecule has 37 heavy (non-hydrogen) atoms. The van der Waals surface area contributed by atoms with Crippen molar-refractivity contribution in [2.24, 2.45) is 0 Å². The highest BCUT2D eigenvalue weighted by Crippen LogP contribution is 2.30. The van der Waals surface area contributed by atoms with E-state index in [1.807, 2.05) is 13.0 Å². The Bertz CT molecular complexity index is 1290. The summed E-state index contributed by atoms with van der Waals surface area (Å²) in [6.45, 7) is 10.2. The molecular weight excluding hydrogens is 475 g/mol. The number of hydrogen-bond acceptors (Lipinski definition) is 8. The number of aromatic nitrogens is 3. The second kappa shape index (κ2) is 10.3. The highest BCUT2D eigenvalue weighted by atomic mass is 19.1. The number of anilines is 3. The van der Waals surface area contributed by atoms with Crippen molar-refractivity contribution in [3.63, 3.8) is 0 Å². The summed E-state index contributed by atoms with van der Waals surface area (Å²) in [5.74, 6) is 0.996. The SMILES string of the molecule is Cc1cc(C(=O)O)cnc1N1CCN(c2cc(-c3ccc(F)cc3)nc(N3CCOC[C@H]3C)n2)[C@H](C)C1. The average molecular weight is 507 g/mol. The summed E-state index contributed by atoms with van der Waals surface area (Å²) < 4.78 is 19.2. The monoisotopic (exact) mass is 506 g/mol. The van der Waals surface area contributed by atoms with Gasteiger partial charge in [-0.3, -0.25) is 0 Å². The van der Waals surface area contributed by atoms with Gasteiger partial charge in [0.05, 0.1) is 30.5 Å². The lowest BCUT2D eigenvalue weighted by molar-refractivity contribution is 0.0696. The Hall–Kier alpha value is -3.79. The zero-order valence-electron chi connectivity index (χ0n) is 21.3. The topological polar surface area (TPSA) is 94.9 Å². The molecule has 10 heteroatoms. The maximum absolute atomic E-state index is 13.6. The van der Waals surface area contributed by atoms with Crippen molar-refractivity contribution in [3.8, 4) is 11.3 Å². The number of piperazine rings is 1. The number of rotatable bonds is 5. The fourth-order valence-electron chi connectivity index (χ4n) is 5.00. The molecule has 194 valence electrons. The molecule has 1 aromatic carbocycles. The first-order valence-corrected chi connectivity index (χ1v) is 12.5. The van der Waals surface area contributed by atoms with E-state index in [0.29, 0.717) is 45.3 Å². The van der Waals surface area contributed by atoms with E-state index >= 15 is 0 Å². The van der Waals surface area contributed by atoms with Gasteiger partial charge in [-0.25, -0.2) is 19.2 Å². The molecule has 2 aliphatic rings. The minimum Gasteiger partial charge on any atom is -0.478 e. The number of nitrogens with zero attached hydrogens (tertiary/aromatic N) is 6. The van der Waals surface area contributed by atoms with Gasteiger partial charge in [-0.2, -0.15) is 4.98 Å². The van der Waals surface area contributed by atoms with E-state index in [-0.39, 0.29) is 23.5 Å². The van der Waals surface area contributed by atoms with Crippen LogP contribution in [0.4, 0.5) is 22.0 Å². The van der Waals surface area contributed by atoms with E-state index in [1.165, 1.54) is 18.3 Å². The Morgan fingerprint density at radius 3 is 2.51 bits per heavy atom. The molecule has 2 aromatic heterocycles. The molecule has 0 bridgehead atoms. The number of aromatic carboxylic acids is 1. The lowest BCUT2D eigenvalue weighted by atomic mass is 10.1. The summed E-state index contributed by atoms with van der Waals surface area (Å²) in [4.78, 5) is 32.2. The van der Waals surface area contributed by atoms with E-state index < -0.39 is 5.97 Å². The standard InChI is InChI=1S/C27H31FN6O3/c1-17-12-21(26(35)36)14-29-25(17)32-8-9-33(18(2)15-32)24-13-23(20-4-6-22(28)7-5-20)30-27(31-24)34-10-11-37-16-19(34)3/h4-7,12-14,18-19H,8-11,15-16H2,1-3H3,(H,35,36)/t18-,19-/m1/s1. The van der Waals surface area contributed by atoms with Crippen LogP contribution in [0.5, 0.6) is 0 Å². The van der Waals surface area contributed by atoms with Gasteiger partial charge in [-0.15, -0.1) is 0 Å². The second-order valence-corrected chi connectivity index (χ2v) is 9.69. The molecule has 0 amide bonds. The maximum atomic E-state index is 13.6. The Kier molecular flexibility index (Phi) is 6.92. The predicted octanol–water partition coefficient (Wildman–Crippen LogP) is 3.62. The van der Waals surface area contributed by atoms with Gasteiger partial charge in [0.25, 0.3) is 0 Å². The van der Waals surface area contributed by atoms with Crippen molar-refractivity contribution in [2.75, 3.05) is 54.1 Å². The van der Waals surface area contributed by atoms with Crippen molar-refractivity contribution in [3.05, 3.63) is 59.5 Å². The van der Waals surface area contributed by atoms with E-state index in [4.69, 9.17) is 14.7 Å². The minimum absolute atomic E-state index is 0.111. The molecule has 0 unspecified atom stereocenters. The zero-order chi connectivity index (χ0) is 26.1. The first-order chi connectivity index (χ1) is 17.8. The van der Waals surface area contributed by atoms with E-state index in [2.05, 4.69) is 33.5 Å². The quantitative estimate of drug-likeness (QED) is 0.557.